The summed E-state index contributed by atoms with van der Waals surface area (Å²) in [5, 5.41) is 3.36. The van der Waals surface area contributed by atoms with Crippen LogP contribution in [-0.4, -0.2) is 13.6 Å². The van der Waals surface area contributed by atoms with Crippen LogP contribution in [0.15, 0.2) is 0 Å². The minimum Gasteiger partial charge on any atom is -0.319 e. The molecule has 0 saturated heterocycles. The van der Waals surface area contributed by atoms with Gasteiger partial charge in [-0.05, 0) is 56.0 Å². The van der Waals surface area contributed by atoms with Crippen molar-refractivity contribution in [1.82, 2.24) is 5.32 Å². The fraction of sp³-hybridized carbons (Fsp3) is 1.00. The highest BCUT2D eigenvalue weighted by Gasteiger charge is 2.58. The first-order chi connectivity index (χ1) is 6.70. The highest BCUT2D eigenvalue weighted by atomic mass is 14.8. The van der Waals surface area contributed by atoms with Gasteiger partial charge in [0.05, 0.1) is 0 Å². The van der Waals surface area contributed by atoms with Gasteiger partial charge in [0.2, 0.25) is 0 Å². The minimum absolute atomic E-state index is 0.773. The van der Waals surface area contributed by atoms with Crippen LogP contribution in [0.3, 0.4) is 0 Å². The van der Waals surface area contributed by atoms with Crippen LogP contribution in [0.2, 0.25) is 0 Å². The van der Waals surface area contributed by atoms with E-state index in [4.69, 9.17) is 0 Å². The van der Waals surface area contributed by atoms with E-state index in [1.807, 2.05) is 0 Å². The predicted octanol–water partition coefficient (Wildman–Crippen LogP) is 3.06. The van der Waals surface area contributed by atoms with Crippen molar-refractivity contribution in [3.63, 3.8) is 0 Å². The topological polar surface area (TPSA) is 12.0 Å². The molecule has 0 bridgehead atoms. The third kappa shape index (κ3) is 1.60. The molecule has 1 N–H and O–H groups in total. The Labute approximate surface area is 88.7 Å². The van der Waals surface area contributed by atoms with Gasteiger partial charge in [-0.2, -0.15) is 0 Å². The Morgan fingerprint density at radius 1 is 1.36 bits per heavy atom. The number of rotatable bonds is 3. The molecule has 3 atom stereocenters. The Kier molecular flexibility index (Phi) is 2.88. The molecule has 2 fully saturated rings. The van der Waals surface area contributed by atoms with E-state index in [0.717, 1.165) is 23.2 Å². The third-order valence-electron chi connectivity index (χ3n) is 4.68. The van der Waals surface area contributed by atoms with Crippen LogP contribution in [0, 0.1) is 23.2 Å². The minimum atomic E-state index is 0.773. The first-order valence-corrected chi connectivity index (χ1v) is 6.35. The van der Waals surface area contributed by atoms with Gasteiger partial charge < -0.3 is 5.32 Å². The van der Waals surface area contributed by atoms with E-state index in [-0.39, 0.29) is 0 Å². The second-order valence-corrected chi connectivity index (χ2v) is 5.79. The van der Waals surface area contributed by atoms with Crippen LogP contribution < -0.4 is 5.32 Å². The monoisotopic (exact) mass is 195 g/mol. The SMILES string of the molecule is CNCC1CC12CCCCC2C(C)C. The van der Waals surface area contributed by atoms with E-state index in [2.05, 4.69) is 26.2 Å². The summed E-state index contributed by atoms with van der Waals surface area (Å²) >= 11 is 0. The molecule has 0 aromatic rings. The summed E-state index contributed by atoms with van der Waals surface area (Å²) in [6.45, 7) is 6.10. The summed E-state index contributed by atoms with van der Waals surface area (Å²) in [6, 6.07) is 0. The highest BCUT2D eigenvalue weighted by molar-refractivity contribution is 5.08. The summed E-state index contributed by atoms with van der Waals surface area (Å²) in [5.74, 6) is 2.92. The fourth-order valence-electron chi connectivity index (χ4n) is 3.97. The first-order valence-electron chi connectivity index (χ1n) is 6.35. The lowest BCUT2D eigenvalue weighted by Crippen LogP contribution is -2.29. The standard InChI is InChI=1S/C13H25N/c1-10(2)12-6-4-5-7-13(12)8-11(13)9-14-3/h10-12,14H,4-9H2,1-3H3. The van der Waals surface area contributed by atoms with E-state index < -0.39 is 0 Å². The molecule has 1 nitrogen and oxygen atoms in total. The Morgan fingerprint density at radius 3 is 2.79 bits per heavy atom. The second-order valence-electron chi connectivity index (χ2n) is 5.79. The molecule has 3 unspecified atom stereocenters. The van der Waals surface area contributed by atoms with Gasteiger partial charge in [-0.25, -0.2) is 0 Å². The smallest absolute Gasteiger partial charge is 0.00179 e. The molecule has 14 heavy (non-hydrogen) atoms. The zero-order chi connectivity index (χ0) is 10.2. The maximum Gasteiger partial charge on any atom is -0.00179 e. The average Bonchev–Trinajstić information content (AvgIpc) is 2.80. The van der Waals surface area contributed by atoms with Crippen molar-refractivity contribution in [1.29, 1.82) is 0 Å². The van der Waals surface area contributed by atoms with Gasteiger partial charge in [0.1, 0.15) is 0 Å². The molecular formula is C13H25N. The van der Waals surface area contributed by atoms with Crippen LogP contribution in [0.1, 0.15) is 46.0 Å². The van der Waals surface area contributed by atoms with Gasteiger partial charge in [0.15, 0.2) is 0 Å². The van der Waals surface area contributed by atoms with Crippen molar-refractivity contribution in [2.24, 2.45) is 23.2 Å². The maximum atomic E-state index is 3.36. The van der Waals surface area contributed by atoms with Crippen molar-refractivity contribution in [2.75, 3.05) is 13.6 Å². The molecule has 0 aromatic heterocycles. The molecule has 2 aliphatic carbocycles. The quantitative estimate of drug-likeness (QED) is 0.730. The molecule has 0 aliphatic heterocycles. The normalized spacial score (nSPS) is 42.0. The number of hydrogen-bond acceptors (Lipinski definition) is 1. The van der Waals surface area contributed by atoms with Crippen LogP contribution in [0.25, 0.3) is 0 Å². The molecule has 2 rings (SSSR count). The summed E-state index contributed by atoms with van der Waals surface area (Å²) < 4.78 is 0. The Hall–Kier alpha value is -0.0400. The van der Waals surface area contributed by atoms with Crippen molar-refractivity contribution in [2.45, 2.75) is 46.0 Å². The molecule has 0 radical (unpaired) electrons. The van der Waals surface area contributed by atoms with Gasteiger partial charge in [0, 0.05) is 0 Å². The predicted molar refractivity (Wildman–Crippen MR) is 61.3 cm³/mol. The summed E-state index contributed by atoms with van der Waals surface area (Å²) in [7, 11) is 2.10. The Morgan fingerprint density at radius 2 is 2.14 bits per heavy atom. The largest absolute Gasteiger partial charge is 0.319 e. The molecule has 0 amide bonds. The van der Waals surface area contributed by atoms with E-state index in [9.17, 15) is 0 Å². The van der Waals surface area contributed by atoms with Crippen molar-refractivity contribution in [3.8, 4) is 0 Å². The molecule has 0 aromatic carbocycles. The average molecular weight is 195 g/mol. The zero-order valence-corrected chi connectivity index (χ0v) is 9.97. The molecule has 82 valence electrons. The summed E-state index contributed by atoms with van der Waals surface area (Å²) in [4.78, 5) is 0. The lowest BCUT2D eigenvalue weighted by atomic mass is 9.70. The van der Waals surface area contributed by atoms with E-state index in [1.165, 1.54) is 38.6 Å². The van der Waals surface area contributed by atoms with Crippen molar-refractivity contribution >= 4 is 0 Å². The van der Waals surface area contributed by atoms with Gasteiger partial charge >= 0.3 is 0 Å². The Bertz CT molecular complexity index is 199. The van der Waals surface area contributed by atoms with Crippen molar-refractivity contribution < 1.29 is 0 Å². The van der Waals surface area contributed by atoms with Gasteiger partial charge in [-0.15, -0.1) is 0 Å². The van der Waals surface area contributed by atoms with Gasteiger partial charge in [-0.1, -0.05) is 26.7 Å². The Balaban J connectivity index is 2.01. The van der Waals surface area contributed by atoms with Crippen LogP contribution in [0.4, 0.5) is 0 Å². The lowest BCUT2D eigenvalue weighted by Gasteiger charge is -2.36. The fourth-order valence-corrected chi connectivity index (χ4v) is 3.97. The molecule has 1 spiro atoms. The highest BCUT2D eigenvalue weighted by Crippen LogP contribution is 2.65. The third-order valence-corrected chi connectivity index (χ3v) is 4.68. The first kappa shape index (κ1) is 10.5. The molecule has 1 heteroatoms. The van der Waals surface area contributed by atoms with Crippen molar-refractivity contribution in [3.05, 3.63) is 0 Å². The van der Waals surface area contributed by atoms with E-state index >= 15 is 0 Å². The molecule has 2 saturated carbocycles. The maximum absolute atomic E-state index is 3.36. The summed E-state index contributed by atoms with van der Waals surface area (Å²) in [6.07, 6.45) is 7.50. The lowest BCUT2D eigenvalue weighted by molar-refractivity contribution is 0.142. The van der Waals surface area contributed by atoms with E-state index in [1.54, 1.807) is 0 Å². The molecule has 2 aliphatic rings. The zero-order valence-electron chi connectivity index (χ0n) is 9.97. The molecule has 0 heterocycles. The van der Waals surface area contributed by atoms with Gasteiger partial charge in [0.25, 0.3) is 0 Å². The number of hydrogen-bond donors (Lipinski definition) is 1. The van der Waals surface area contributed by atoms with Crippen LogP contribution in [-0.2, 0) is 0 Å². The van der Waals surface area contributed by atoms with E-state index in [0.29, 0.717) is 0 Å². The molecular weight excluding hydrogens is 170 g/mol. The van der Waals surface area contributed by atoms with Crippen LogP contribution in [0.5, 0.6) is 0 Å². The summed E-state index contributed by atoms with van der Waals surface area (Å²) in [5.41, 5.74) is 0.773. The number of nitrogens with one attached hydrogen (secondary N) is 1. The second kappa shape index (κ2) is 3.84. The van der Waals surface area contributed by atoms with Gasteiger partial charge in [-0.3, -0.25) is 0 Å². The van der Waals surface area contributed by atoms with Crippen LogP contribution >= 0.6 is 0 Å².